The summed E-state index contributed by atoms with van der Waals surface area (Å²) in [6.07, 6.45) is 0. The molecule has 0 atom stereocenters. The summed E-state index contributed by atoms with van der Waals surface area (Å²) < 4.78 is 0. The molecule has 0 bridgehead atoms. The van der Waals surface area contributed by atoms with Crippen LogP contribution in [0, 0.1) is 17.8 Å². The van der Waals surface area contributed by atoms with E-state index in [0.29, 0.717) is 37.6 Å². The zero-order valence-corrected chi connectivity index (χ0v) is 14.2. The van der Waals surface area contributed by atoms with Crippen molar-refractivity contribution < 1.29 is 41.5 Å². The Morgan fingerprint density at radius 1 is 0.562 bits per heavy atom. The van der Waals surface area contributed by atoms with E-state index in [-0.39, 0.29) is 26.2 Å². The standard InChI is InChI=1S/3C4H10O.Zr/c3*1-4(2)3-5;/h3*4-5H,3H2,1-2H3;. The molecule has 0 radical (unpaired) electrons. The molecule has 0 saturated heterocycles. The molecule has 0 aromatic rings. The number of hydrogen-bond acceptors (Lipinski definition) is 3. The van der Waals surface area contributed by atoms with Gasteiger partial charge in [-0.05, 0) is 17.8 Å². The van der Waals surface area contributed by atoms with Crippen molar-refractivity contribution in [2.24, 2.45) is 17.8 Å². The first-order valence-corrected chi connectivity index (χ1v) is 5.64. The fourth-order valence-electron chi connectivity index (χ4n) is 0. The Balaban J connectivity index is -0.0000000655. The largest absolute Gasteiger partial charge is 0.396 e. The van der Waals surface area contributed by atoms with Gasteiger partial charge in [-0.15, -0.1) is 0 Å². The zero-order chi connectivity index (χ0) is 12.9. The van der Waals surface area contributed by atoms with E-state index in [1.54, 1.807) is 0 Å². The van der Waals surface area contributed by atoms with Crippen molar-refractivity contribution in [2.75, 3.05) is 19.8 Å². The monoisotopic (exact) mass is 312 g/mol. The summed E-state index contributed by atoms with van der Waals surface area (Å²) in [6, 6.07) is 0. The number of aliphatic hydroxyl groups excluding tert-OH is 3. The molecule has 0 aliphatic carbocycles. The first kappa shape index (κ1) is 25.6. The van der Waals surface area contributed by atoms with E-state index >= 15 is 0 Å². The van der Waals surface area contributed by atoms with Crippen LogP contribution in [0.2, 0.25) is 0 Å². The second-order valence-corrected chi connectivity index (χ2v) is 4.73. The van der Waals surface area contributed by atoms with Crippen LogP contribution in [-0.4, -0.2) is 35.1 Å². The van der Waals surface area contributed by atoms with Gasteiger partial charge in [0.25, 0.3) is 0 Å². The third-order valence-electron chi connectivity index (χ3n) is 1.10. The molecular formula is C12H30O3Zr. The van der Waals surface area contributed by atoms with Crippen molar-refractivity contribution in [1.29, 1.82) is 0 Å². The average Bonchev–Trinajstić information content (AvgIpc) is 2.19. The molecule has 0 saturated carbocycles. The molecule has 0 aliphatic heterocycles. The van der Waals surface area contributed by atoms with Crippen LogP contribution in [0.15, 0.2) is 0 Å². The van der Waals surface area contributed by atoms with E-state index < -0.39 is 0 Å². The van der Waals surface area contributed by atoms with Gasteiger partial charge in [0.2, 0.25) is 0 Å². The zero-order valence-electron chi connectivity index (χ0n) is 11.7. The van der Waals surface area contributed by atoms with Crippen LogP contribution in [0.5, 0.6) is 0 Å². The van der Waals surface area contributed by atoms with Crippen molar-refractivity contribution in [3.05, 3.63) is 0 Å². The fraction of sp³-hybridized carbons (Fsp3) is 1.00. The van der Waals surface area contributed by atoms with Crippen LogP contribution < -0.4 is 0 Å². The van der Waals surface area contributed by atoms with Crippen molar-refractivity contribution >= 4 is 0 Å². The number of hydrogen-bond donors (Lipinski definition) is 3. The summed E-state index contributed by atoms with van der Waals surface area (Å²) >= 11 is 0. The molecule has 0 heterocycles. The fourth-order valence-corrected chi connectivity index (χ4v) is 0. The molecule has 0 aromatic heterocycles. The molecular weight excluding hydrogens is 283 g/mol. The van der Waals surface area contributed by atoms with Gasteiger partial charge in [-0.1, -0.05) is 41.5 Å². The molecule has 0 aromatic carbocycles. The molecule has 0 aliphatic rings. The van der Waals surface area contributed by atoms with Gasteiger partial charge in [0.1, 0.15) is 0 Å². The van der Waals surface area contributed by atoms with E-state index in [1.807, 2.05) is 41.5 Å². The predicted molar refractivity (Wildman–Crippen MR) is 65.8 cm³/mol. The van der Waals surface area contributed by atoms with Crippen molar-refractivity contribution in [1.82, 2.24) is 0 Å². The normalized spacial score (nSPS) is 9.00. The molecule has 0 spiro atoms. The Hall–Kier alpha value is 0.763. The second kappa shape index (κ2) is 21.1. The van der Waals surface area contributed by atoms with Crippen LogP contribution in [0.1, 0.15) is 41.5 Å². The first-order valence-electron chi connectivity index (χ1n) is 5.64. The van der Waals surface area contributed by atoms with Crippen molar-refractivity contribution in [3.63, 3.8) is 0 Å². The maximum absolute atomic E-state index is 8.14. The molecule has 4 heteroatoms. The van der Waals surface area contributed by atoms with Crippen LogP contribution >= 0.6 is 0 Å². The Bertz CT molecular complexity index is 77.2. The first-order chi connectivity index (χ1) is 6.81. The summed E-state index contributed by atoms with van der Waals surface area (Å²) in [5.41, 5.74) is 0. The molecule has 3 nitrogen and oxygen atoms in total. The van der Waals surface area contributed by atoms with Crippen LogP contribution in [0.25, 0.3) is 0 Å². The Kier molecular flexibility index (Phi) is 33.7. The van der Waals surface area contributed by atoms with Gasteiger partial charge in [-0.25, -0.2) is 0 Å². The van der Waals surface area contributed by atoms with E-state index in [1.165, 1.54) is 0 Å². The van der Waals surface area contributed by atoms with Gasteiger partial charge in [-0.3, -0.25) is 0 Å². The second-order valence-electron chi connectivity index (χ2n) is 4.73. The minimum atomic E-state index is 0. The summed E-state index contributed by atoms with van der Waals surface area (Å²) in [5, 5.41) is 24.4. The third kappa shape index (κ3) is 61.1. The molecule has 0 amide bonds. The molecule has 16 heavy (non-hydrogen) atoms. The van der Waals surface area contributed by atoms with Gasteiger partial charge in [0, 0.05) is 46.0 Å². The maximum Gasteiger partial charge on any atom is 0.0453 e. The van der Waals surface area contributed by atoms with Crippen LogP contribution in [0.3, 0.4) is 0 Å². The number of aliphatic hydroxyl groups is 3. The van der Waals surface area contributed by atoms with E-state index in [9.17, 15) is 0 Å². The minimum Gasteiger partial charge on any atom is -0.396 e. The topological polar surface area (TPSA) is 60.7 Å². The van der Waals surface area contributed by atoms with Gasteiger partial charge < -0.3 is 15.3 Å². The van der Waals surface area contributed by atoms with E-state index in [4.69, 9.17) is 15.3 Å². The number of rotatable bonds is 3. The van der Waals surface area contributed by atoms with E-state index in [2.05, 4.69) is 0 Å². The smallest absolute Gasteiger partial charge is 0.0453 e. The minimum absolute atomic E-state index is 0. The van der Waals surface area contributed by atoms with Crippen molar-refractivity contribution in [2.45, 2.75) is 41.5 Å². The molecule has 0 fully saturated rings. The quantitative estimate of drug-likeness (QED) is 0.746. The molecule has 0 unspecified atom stereocenters. The predicted octanol–water partition coefficient (Wildman–Crippen LogP) is 1.90. The van der Waals surface area contributed by atoms with Crippen molar-refractivity contribution in [3.8, 4) is 0 Å². The van der Waals surface area contributed by atoms with E-state index in [0.717, 1.165) is 0 Å². The van der Waals surface area contributed by atoms with Crippen LogP contribution in [0.4, 0.5) is 0 Å². The van der Waals surface area contributed by atoms with Gasteiger partial charge in [0.15, 0.2) is 0 Å². The summed E-state index contributed by atoms with van der Waals surface area (Å²) in [7, 11) is 0. The third-order valence-corrected chi connectivity index (χ3v) is 1.10. The summed E-state index contributed by atoms with van der Waals surface area (Å²) in [6.45, 7) is 12.7. The molecule has 100 valence electrons. The molecule has 3 N–H and O–H groups in total. The Morgan fingerprint density at radius 3 is 0.625 bits per heavy atom. The summed E-state index contributed by atoms with van der Waals surface area (Å²) in [5.74, 6) is 1.32. The van der Waals surface area contributed by atoms with Gasteiger partial charge in [-0.2, -0.15) is 0 Å². The SMILES string of the molecule is CC(C)CO.CC(C)CO.CC(C)CO.[Zr]. The van der Waals surface area contributed by atoms with Gasteiger partial charge >= 0.3 is 0 Å². The maximum atomic E-state index is 8.14. The Morgan fingerprint density at radius 2 is 0.625 bits per heavy atom. The van der Waals surface area contributed by atoms with Crippen LogP contribution in [-0.2, 0) is 26.2 Å². The van der Waals surface area contributed by atoms with Gasteiger partial charge in [0.05, 0.1) is 0 Å². The summed E-state index contributed by atoms with van der Waals surface area (Å²) in [4.78, 5) is 0. The average molecular weight is 314 g/mol. The molecule has 0 rings (SSSR count). The Labute approximate surface area is 120 Å².